The predicted octanol–water partition coefficient (Wildman–Crippen LogP) is -1.17. The minimum absolute atomic E-state index is 0.127. The minimum atomic E-state index is -3.91. The Morgan fingerprint density at radius 2 is 1.95 bits per heavy atom. The van der Waals surface area contributed by atoms with Gasteiger partial charge in [-0.3, -0.25) is 9.78 Å². The minimum Gasteiger partial charge on any atom is -0.317 e. The number of aromatic amines is 2. The normalized spacial score (nSPS) is 17.5. The van der Waals surface area contributed by atoms with Crippen molar-refractivity contribution < 1.29 is 8.42 Å². The van der Waals surface area contributed by atoms with Gasteiger partial charge in [0.15, 0.2) is 4.90 Å². The van der Waals surface area contributed by atoms with Gasteiger partial charge in [-0.05, 0) is 25.9 Å². The fraction of sp³-hybridized carbons (Fsp3) is 0.636. The van der Waals surface area contributed by atoms with Gasteiger partial charge >= 0.3 is 5.69 Å². The third kappa shape index (κ3) is 2.84. The lowest BCUT2D eigenvalue weighted by Gasteiger charge is -2.32. The summed E-state index contributed by atoms with van der Waals surface area (Å²) in [5.74, 6) is 0. The average Bonchev–Trinajstić information content (AvgIpc) is 2.40. The number of hydrogen-bond acceptors (Lipinski definition) is 5. The Morgan fingerprint density at radius 1 is 1.30 bits per heavy atom. The zero-order chi connectivity index (χ0) is 14.8. The van der Waals surface area contributed by atoms with E-state index in [1.165, 1.54) is 4.31 Å². The van der Waals surface area contributed by atoms with Gasteiger partial charge in [-0.1, -0.05) is 6.92 Å². The fourth-order valence-electron chi connectivity index (χ4n) is 2.43. The monoisotopic (exact) mass is 302 g/mol. The summed E-state index contributed by atoms with van der Waals surface area (Å²) in [4.78, 5) is 26.4. The van der Waals surface area contributed by atoms with E-state index in [2.05, 4.69) is 10.3 Å². The topological polar surface area (TPSA) is 115 Å². The number of piperidine rings is 1. The molecule has 0 radical (unpaired) electrons. The molecule has 2 heterocycles. The summed E-state index contributed by atoms with van der Waals surface area (Å²) in [5.41, 5.74) is -1.61. The molecule has 0 spiro atoms. The molecule has 0 amide bonds. The van der Waals surface area contributed by atoms with E-state index in [0.29, 0.717) is 12.8 Å². The van der Waals surface area contributed by atoms with Crippen LogP contribution in [0.1, 0.15) is 19.8 Å². The molecule has 1 aliphatic rings. The summed E-state index contributed by atoms with van der Waals surface area (Å²) in [7, 11) is -3.91. The lowest BCUT2D eigenvalue weighted by atomic mass is 10.1. The van der Waals surface area contributed by atoms with Crippen LogP contribution >= 0.6 is 0 Å². The molecule has 1 saturated heterocycles. The number of hydrogen-bond donors (Lipinski definition) is 3. The number of rotatable bonds is 4. The lowest BCUT2D eigenvalue weighted by molar-refractivity contribution is 0.270. The molecule has 0 aromatic carbocycles. The van der Waals surface area contributed by atoms with Crippen LogP contribution in [0.4, 0.5) is 0 Å². The molecule has 0 bridgehead atoms. The third-order valence-corrected chi connectivity index (χ3v) is 5.43. The average molecular weight is 302 g/mol. The van der Waals surface area contributed by atoms with Crippen molar-refractivity contribution in [3.05, 3.63) is 27.0 Å². The molecule has 112 valence electrons. The van der Waals surface area contributed by atoms with Crippen LogP contribution in [0.3, 0.4) is 0 Å². The van der Waals surface area contributed by atoms with E-state index in [9.17, 15) is 18.0 Å². The van der Waals surface area contributed by atoms with Crippen molar-refractivity contribution >= 4 is 10.0 Å². The second-order valence-electron chi connectivity index (χ2n) is 4.63. The standard InChI is InChI=1S/C11H18N4O4S/c1-2-15(8-3-5-12-6-4-8)20(18,19)9-7-13-11(17)14-10(9)16/h7-8,12H,2-6H2,1H3,(H2,13,14,16,17). The summed E-state index contributed by atoms with van der Waals surface area (Å²) >= 11 is 0. The van der Waals surface area contributed by atoms with Gasteiger partial charge < -0.3 is 10.3 Å². The third-order valence-electron chi connectivity index (χ3n) is 3.40. The molecule has 0 atom stereocenters. The Labute approximate surface area is 116 Å². The van der Waals surface area contributed by atoms with E-state index in [4.69, 9.17) is 0 Å². The van der Waals surface area contributed by atoms with E-state index >= 15 is 0 Å². The first-order valence-corrected chi connectivity index (χ1v) is 7.95. The van der Waals surface area contributed by atoms with Gasteiger partial charge in [-0.15, -0.1) is 0 Å². The molecule has 9 heteroatoms. The zero-order valence-corrected chi connectivity index (χ0v) is 12.0. The van der Waals surface area contributed by atoms with E-state index in [0.717, 1.165) is 19.3 Å². The first-order chi connectivity index (χ1) is 9.46. The molecule has 1 fully saturated rings. The SMILES string of the molecule is CCN(C1CCNCC1)S(=O)(=O)c1c[nH]c(=O)[nH]c1=O. The second-order valence-corrected chi connectivity index (χ2v) is 6.48. The van der Waals surface area contributed by atoms with E-state index in [1.54, 1.807) is 6.92 Å². The number of nitrogens with one attached hydrogen (secondary N) is 3. The van der Waals surface area contributed by atoms with Crippen LogP contribution in [0.15, 0.2) is 20.7 Å². The Kier molecular flexibility index (Phi) is 4.41. The van der Waals surface area contributed by atoms with Crippen molar-refractivity contribution in [3.8, 4) is 0 Å². The van der Waals surface area contributed by atoms with Gasteiger partial charge in [0, 0.05) is 18.8 Å². The van der Waals surface area contributed by atoms with Crippen molar-refractivity contribution in [1.29, 1.82) is 0 Å². The zero-order valence-electron chi connectivity index (χ0n) is 11.2. The summed E-state index contributed by atoms with van der Waals surface area (Å²) < 4.78 is 26.4. The van der Waals surface area contributed by atoms with Crippen LogP contribution in [-0.2, 0) is 10.0 Å². The van der Waals surface area contributed by atoms with Crippen molar-refractivity contribution in [2.75, 3.05) is 19.6 Å². The van der Waals surface area contributed by atoms with Crippen LogP contribution in [0, 0.1) is 0 Å². The van der Waals surface area contributed by atoms with E-state index in [1.807, 2.05) is 4.98 Å². The van der Waals surface area contributed by atoms with Crippen molar-refractivity contribution in [2.24, 2.45) is 0 Å². The maximum absolute atomic E-state index is 12.6. The summed E-state index contributed by atoms with van der Waals surface area (Å²) in [5, 5.41) is 3.17. The molecule has 2 rings (SSSR count). The smallest absolute Gasteiger partial charge is 0.317 e. The highest BCUT2D eigenvalue weighted by atomic mass is 32.2. The van der Waals surface area contributed by atoms with Gasteiger partial charge in [0.25, 0.3) is 5.56 Å². The number of H-pyrrole nitrogens is 2. The van der Waals surface area contributed by atoms with Gasteiger partial charge in [0.05, 0.1) is 0 Å². The summed E-state index contributed by atoms with van der Waals surface area (Å²) in [6, 6.07) is -0.127. The predicted molar refractivity (Wildman–Crippen MR) is 73.1 cm³/mol. The number of nitrogens with zero attached hydrogens (tertiary/aromatic N) is 1. The maximum Gasteiger partial charge on any atom is 0.325 e. The number of sulfonamides is 1. The van der Waals surface area contributed by atoms with Gasteiger partial charge in [0.2, 0.25) is 10.0 Å². The van der Waals surface area contributed by atoms with E-state index in [-0.39, 0.29) is 12.6 Å². The highest BCUT2D eigenvalue weighted by Gasteiger charge is 2.32. The fourth-order valence-corrected chi connectivity index (χ4v) is 4.12. The van der Waals surface area contributed by atoms with Crippen LogP contribution in [0.5, 0.6) is 0 Å². The molecular formula is C11H18N4O4S. The molecule has 20 heavy (non-hydrogen) atoms. The Balaban J connectivity index is 2.40. The molecule has 1 aromatic heterocycles. The van der Waals surface area contributed by atoms with Crippen LogP contribution in [0.2, 0.25) is 0 Å². The summed E-state index contributed by atoms with van der Waals surface area (Å²) in [6.07, 6.45) is 2.36. The van der Waals surface area contributed by atoms with Gasteiger partial charge in [-0.25, -0.2) is 13.2 Å². The quantitative estimate of drug-likeness (QED) is 0.648. The van der Waals surface area contributed by atoms with Crippen LogP contribution in [0.25, 0.3) is 0 Å². The largest absolute Gasteiger partial charge is 0.325 e. The van der Waals surface area contributed by atoms with Crippen LogP contribution < -0.4 is 16.6 Å². The molecule has 0 unspecified atom stereocenters. The summed E-state index contributed by atoms with van der Waals surface area (Å²) in [6.45, 7) is 3.52. The first kappa shape index (κ1) is 14.9. The Hall–Kier alpha value is -1.45. The maximum atomic E-state index is 12.6. The van der Waals surface area contributed by atoms with Crippen molar-refractivity contribution in [1.82, 2.24) is 19.6 Å². The highest BCUT2D eigenvalue weighted by Crippen LogP contribution is 2.19. The van der Waals surface area contributed by atoms with Crippen molar-refractivity contribution in [3.63, 3.8) is 0 Å². The Bertz CT molecular complexity index is 672. The Morgan fingerprint density at radius 3 is 2.50 bits per heavy atom. The molecular weight excluding hydrogens is 284 g/mol. The molecule has 1 aromatic rings. The second kappa shape index (κ2) is 5.90. The van der Waals surface area contributed by atoms with Crippen LogP contribution in [-0.4, -0.2) is 48.4 Å². The number of aromatic nitrogens is 2. The first-order valence-electron chi connectivity index (χ1n) is 6.51. The van der Waals surface area contributed by atoms with Crippen molar-refractivity contribution in [2.45, 2.75) is 30.7 Å². The van der Waals surface area contributed by atoms with Gasteiger partial charge in [-0.2, -0.15) is 4.31 Å². The van der Waals surface area contributed by atoms with E-state index < -0.39 is 26.2 Å². The van der Waals surface area contributed by atoms with Gasteiger partial charge in [0.1, 0.15) is 0 Å². The lowest BCUT2D eigenvalue weighted by Crippen LogP contribution is -2.47. The molecule has 3 N–H and O–H groups in total. The molecule has 0 aliphatic carbocycles. The molecule has 8 nitrogen and oxygen atoms in total. The molecule has 0 saturated carbocycles. The molecule has 1 aliphatic heterocycles. The highest BCUT2D eigenvalue weighted by molar-refractivity contribution is 7.89.